The minimum atomic E-state index is 0.0362. The second-order valence-electron chi connectivity index (χ2n) is 4.98. The van der Waals surface area contributed by atoms with Crippen LogP contribution in [0.3, 0.4) is 0 Å². The molecule has 1 aromatic carbocycles. The third kappa shape index (κ3) is 3.62. The molecule has 2 unspecified atom stereocenters. The maximum Gasteiger partial charge on any atom is 0.121 e. The van der Waals surface area contributed by atoms with Crippen LogP contribution in [0.15, 0.2) is 24.3 Å². The normalized spacial score (nSPS) is 19.5. The fourth-order valence-corrected chi connectivity index (χ4v) is 2.33. The van der Waals surface area contributed by atoms with Crippen LogP contribution in [0.2, 0.25) is 5.02 Å². The van der Waals surface area contributed by atoms with Crippen molar-refractivity contribution in [1.29, 1.82) is 0 Å². The molecule has 0 radical (unpaired) electrons. The number of ether oxygens (including phenoxy) is 1. The summed E-state index contributed by atoms with van der Waals surface area (Å²) in [5, 5.41) is 0.697. The van der Waals surface area contributed by atoms with Gasteiger partial charge >= 0.3 is 0 Å². The van der Waals surface area contributed by atoms with E-state index in [0.717, 1.165) is 18.1 Å². The van der Waals surface area contributed by atoms with Crippen LogP contribution in [0, 0.1) is 5.92 Å². The molecule has 2 atom stereocenters. The lowest BCUT2D eigenvalue weighted by molar-refractivity contribution is 0.157. The van der Waals surface area contributed by atoms with Gasteiger partial charge in [-0.15, -0.1) is 0 Å². The summed E-state index contributed by atoms with van der Waals surface area (Å²) >= 11 is 5.91. The van der Waals surface area contributed by atoms with Crippen molar-refractivity contribution in [1.82, 2.24) is 0 Å². The van der Waals surface area contributed by atoms with Gasteiger partial charge in [0.2, 0.25) is 0 Å². The highest BCUT2D eigenvalue weighted by molar-refractivity contribution is 6.30. The Labute approximate surface area is 108 Å². The first-order chi connectivity index (χ1) is 8.15. The number of hydrogen-bond donors (Lipinski definition) is 1. The maximum absolute atomic E-state index is 6.16. The van der Waals surface area contributed by atoms with Gasteiger partial charge in [0.25, 0.3) is 0 Å². The smallest absolute Gasteiger partial charge is 0.121 e. The highest BCUT2D eigenvalue weighted by atomic mass is 35.5. The van der Waals surface area contributed by atoms with Crippen LogP contribution < -0.4 is 10.5 Å². The topological polar surface area (TPSA) is 35.2 Å². The zero-order chi connectivity index (χ0) is 12.3. The molecule has 1 aliphatic carbocycles. The van der Waals surface area contributed by atoms with Crippen LogP contribution in [0.4, 0.5) is 0 Å². The molecule has 0 heterocycles. The fraction of sp³-hybridized carbons (Fsp3) is 0.571. The predicted octanol–water partition coefficient (Wildman–Crippen LogP) is 3.62. The highest BCUT2D eigenvalue weighted by Crippen LogP contribution is 2.31. The number of rotatable bonds is 5. The maximum atomic E-state index is 6.16. The first kappa shape index (κ1) is 12.7. The van der Waals surface area contributed by atoms with Gasteiger partial charge in [-0.3, -0.25) is 0 Å². The predicted molar refractivity (Wildman–Crippen MR) is 71.5 cm³/mol. The van der Waals surface area contributed by atoms with Crippen molar-refractivity contribution in [2.75, 3.05) is 0 Å². The first-order valence-electron chi connectivity index (χ1n) is 6.33. The zero-order valence-electron chi connectivity index (χ0n) is 10.2. The van der Waals surface area contributed by atoms with Crippen LogP contribution >= 0.6 is 11.6 Å². The molecular weight excluding hydrogens is 234 g/mol. The summed E-state index contributed by atoms with van der Waals surface area (Å²) in [4.78, 5) is 0. The Kier molecular flexibility index (Phi) is 4.30. The number of benzene rings is 1. The second-order valence-corrected chi connectivity index (χ2v) is 5.41. The average molecular weight is 254 g/mol. The van der Waals surface area contributed by atoms with E-state index < -0.39 is 0 Å². The average Bonchev–Trinajstić information content (AvgIpc) is 2.23. The molecule has 0 aromatic heterocycles. The lowest BCUT2D eigenvalue weighted by atomic mass is 9.80. The lowest BCUT2D eigenvalue weighted by Crippen LogP contribution is -2.39. The van der Waals surface area contributed by atoms with E-state index in [1.807, 2.05) is 31.2 Å². The zero-order valence-corrected chi connectivity index (χ0v) is 11.0. The monoisotopic (exact) mass is 253 g/mol. The van der Waals surface area contributed by atoms with E-state index >= 15 is 0 Å². The molecule has 2 N–H and O–H groups in total. The van der Waals surface area contributed by atoms with E-state index in [2.05, 4.69) is 0 Å². The molecule has 0 aliphatic heterocycles. The standard InChI is InChI=1S/C14H20ClNO/c1-10(14(16)8-11-4-2-5-11)17-13-7-3-6-12(15)9-13/h3,6-7,9-11,14H,2,4-5,8,16H2,1H3. The molecule has 0 amide bonds. The van der Waals surface area contributed by atoms with E-state index in [-0.39, 0.29) is 12.1 Å². The number of halogens is 1. The Hall–Kier alpha value is -0.730. The summed E-state index contributed by atoms with van der Waals surface area (Å²) in [5.74, 6) is 1.62. The van der Waals surface area contributed by atoms with Crippen molar-refractivity contribution in [3.8, 4) is 5.75 Å². The highest BCUT2D eigenvalue weighted by Gasteiger charge is 2.24. The molecular formula is C14H20ClNO. The Morgan fingerprint density at radius 3 is 2.82 bits per heavy atom. The van der Waals surface area contributed by atoms with Crippen LogP contribution in [0.25, 0.3) is 0 Å². The molecule has 3 heteroatoms. The first-order valence-corrected chi connectivity index (χ1v) is 6.71. The van der Waals surface area contributed by atoms with Gasteiger partial charge in [-0.25, -0.2) is 0 Å². The second kappa shape index (κ2) is 5.74. The van der Waals surface area contributed by atoms with Crippen molar-refractivity contribution in [3.63, 3.8) is 0 Å². The van der Waals surface area contributed by atoms with E-state index in [1.165, 1.54) is 19.3 Å². The van der Waals surface area contributed by atoms with Crippen molar-refractivity contribution < 1.29 is 4.74 Å². The molecule has 0 spiro atoms. The molecule has 94 valence electrons. The molecule has 0 bridgehead atoms. The van der Waals surface area contributed by atoms with Gasteiger partial charge < -0.3 is 10.5 Å². The summed E-state index contributed by atoms with van der Waals surface area (Å²) in [5.41, 5.74) is 6.16. The minimum absolute atomic E-state index is 0.0362. The minimum Gasteiger partial charge on any atom is -0.489 e. The van der Waals surface area contributed by atoms with E-state index in [1.54, 1.807) is 0 Å². The van der Waals surface area contributed by atoms with Crippen molar-refractivity contribution in [2.45, 2.75) is 44.8 Å². The van der Waals surface area contributed by atoms with Crippen LogP contribution in [-0.4, -0.2) is 12.1 Å². The number of nitrogens with two attached hydrogens (primary N) is 1. The van der Waals surface area contributed by atoms with Crippen molar-refractivity contribution in [2.24, 2.45) is 11.7 Å². The van der Waals surface area contributed by atoms with Crippen LogP contribution in [0.5, 0.6) is 5.75 Å². The molecule has 1 aromatic rings. The summed E-state index contributed by atoms with van der Waals surface area (Å²) in [7, 11) is 0. The SMILES string of the molecule is CC(Oc1cccc(Cl)c1)C(N)CC1CCC1. The Morgan fingerprint density at radius 2 is 2.24 bits per heavy atom. The Balaban J connectivity index is 1.84. The summed E-state index contributed by atoms with van der Waals surface area (Å²) in [6.45, 7) is 2.03. The molecule has 1 saturated carbocycles. The third-order valence-electron chi connectivity index (χ3n) is 3.55. The van der Waals surface area contributed by atoms with Gasteiger partial charge in [-0.2, -0.15) is 0 Å². The largest absolute Gasteiger partial charge is 0.489 e. The van der Waals surface area contributed by atoms with Crippen molar-refractivity contribution >= 4 is 11.6 Å². The van der Waals surface area contributed by atoms with Gasteiger partial charge in [-0.1, -0.05) is 36.9 Å². The Bertz CT molecular complexity index is 365. The molecule has 2 rings (SSSR count). The molecule has 17 heavy (non-hydrogen) atoms. The Morgan fingerprint density at radius 1 is 1.47 bits per heavy atom. The summed E-state index contributed by atoms with van der Waals surface area (Å²) < 4.78 is 5.82. The van der Waals surface area contributed by atoms with Gasteiger partial charge in [-0.05, 0) is 37.5 Å². The molecule has 1 fully saturated rings. The van der Waals surface area contributed by atoms with E-state index in [9.17, 15) is 0 Å². The molecule has 2 nitrogen and oxygen atoms in total. The number of hydrogen-bond acceptors (Lipinski definition) is 2. The summed E-state index contributed by atoms with van der Waals surface area (Å²) in [6.07, 6.45) is 5.13. The van der Waals surface area contributed by atoms with Gasteiger partial charge in [0.15, 0.2) is 0 Å². The van der Waals surface area contributed by atoms with Gasteiger partial charge in [0.05, 0.1) is 0 Å². The van der Waals surface area contributed by atoms with E-state index in [4.69, 9.17) is 22.1 Å². The third-order valence-corrected chi connectivity index (χ3v) is 3.79. The lowest BCUT2D eigenvalue weighted by Gasteiger charge is -2.30. The van der Waals surface area contributed by atoms with E-state index in [0.29, 0.717) is 5.02 Å². The quantitative estimate of drug-likeness (QED) is 0.870. The molecule has 1 aliphatic rings. The summed E-state index contributed by atoms with van der Waals surface area (Å²) in [6, 6.07) is 7.58. The molecule has 0 saturated heterocycles. The van der Waals surface area contributed by atoms with Crippen LogP contribution in [-0.2, 0) is 0 Å². The van der Waals surface area contributed by atoms with Gasteiger partial charge in [0, 0.05) is 11.1 Å². The fourth-order valence-electron chi connectivity index (χ4n) is 2.15. The van der Waals surface area contributed by atoms with Crippen LogP contribution in [0.1, 0.15) is 32.6 Å². The van der Waals surface area contributed by atoms with Gasteiger partial charge in [0.1, 0.15) is 11.9 Å². The van der Waals surface area contributed by atoms with Crippen molar-refractivity contribution in [3.05, 3.63) is 29.3 Å².